The molecule has 0 spiro atoms. The van der Waals surface area contributed by atoms with Gasteiger partial charge in [-0.1, -0.05) is 35.4 Å². The molecule has 32 heavy (non-hydrogen) atoms. The number of hydrogen-bond acceptors (Lipinski definition) is 4. The summed E-state index contributed by atoms with van der Waals surface area (Å²) in [7, 11) is -2.56. The van der Waals surface area contributed by atoms with Gasteiger partial charge in [0.15, 0.2) is 0 Å². The lowest BCUT2D eigenvalue weighted by molar-refractivity contribution is -0.114. The Morgan fingerprint density at radius 3 is 2.41 bits per heavy atom. The highest BCUT2D eigenvalue weighted by molar-refractivity contribution is 9.10. The van der Waals surface area contributed by atoms with Crippen LogP contribution in [-0.4, -0.2) is 28.0 Å². The number of rotatable bonds is 7. The van der Waals surface area contributed by atoms with Crippen LogP contribution in [0.3, 0.4) is 0 Å². The lowest BCUT2D eigenvalue weighted by atomic mass is 10.2. The quantitative estimate of drug-likeness (QED) is 0.428. The fourth-order valence-corrected chi connectivity index (χ4v) is 5.34. The predicted molar refractivity (Wildman–Crippen MR) is 131 cm³/mol. The molecule has 0 saturated heterocycles. The lowest BCUT2D eigenvalue weighted by Gasteiger charge is -2.24. The largest absolute Gasteiger partial charge is 0.496 e. The normalized spacial score (nSPS) is 11.2. The summed E-state index contributed by atoms with van der Waals surface area (Å²) < 4.78 is 33.8. The Bertz CT molecular complexity index is 1250. The second-order valence-electron chi connectivity index (χ2n) is 7.10. The van der Waals surface area contributed by atoms with Gasteiger partial charge in [0.1, 0.15) is 12.3 Å². The molecule has 0 aromatic heterocycles. The molecule has 0 aliphatic heterocycles. The Labute approximate surface area is 201 Å². The van der Waals surface area contributed by atoms with Gasteiger partial charge in [-0.2, -0.15) is 0 Å². The molecule has 9 heteroatoms. The standard InChI is InChI=1S/C23H22BrClN2O4S/c1-15-7-9-17(10-8-15)27(14-23(28)26-21-6-4-5-20(25)16(21)2)32(29,30)18-11-12-22(31-3)19(24)13-18/h4-13H,14H2,1-3H3,(H,26,28). The fraction of sp³-hybridized carbons (Fsp3) is 0.174. The molecule has 0 heterocycles. The van der Waals surface area contributed by atoms with E-state index in [1.807, 2.05) is 6.92 Å². The Hall–Kier alpha value is -2.55. The van der Waals surface area contributed by atoms with Gasteiger partial charge >= 0.3 is 0 Å². The van der Waals surface area contributed by atoms with Crippen molar-refractivity contribution in [2.75, 3.05) is 23.3 Å². The maximum atomic E-state index is 13.5. The molecule has 1 amide bonds. The molecule has 3 aromatic rings. The SMILES string of the molecule is COc1ccc(S(=O)(=O)N(CC(=O)Nc2cccc(Cl)c2C)c2ccc(C)cc2)cc1Br. The molecule has 0 fully saturated rings. The number of nitrogens with one attached hydrogen (secondary N) is 1. The van der Waals surface area contributed by atoms with Gasteiger partial charge in [0.05, 0.1) is 22.2 Å². The molecule has 0 radical (unpaired) electrons. The second-order valence-corrected chi connectivity index (χ2v) is 10.2. The van der Waals surface area contributed by atoms with Crippen LogP contribution in [0.2, 0.25) is 5.02 Å². The molecule has 0 atom stereocenters. The number of amides is 1. The van der Waals surface area contributed by atoms with E-state index >= 15 is 0 Å². The fourth-order valence-electron chi connectivity index (χ4n) is 3.02. The summed E-state index contributed by atoms with van der Waals surface area (Å²) in [6.45, 7) is 3.26. The van der Waals surface area contributed by atoms with Crippen molar-refractivity contribution >= 4 is 54.8 Å². The number of anilines is 2. The van der Waals surface area contributed by atoms with E-state index in [0.29, 0.717) is 32.2 Å². The first-order valence-corrected chi connectivity index (χ1v) is 12.2. The summed E-state index contributed by atoms with van der Waals surface area (Å²) in [6.07, 6.45) is 0. The summed E-state index contributed by atoms with van der Waals surface area (Å²) in [5.41, 5.74) is 2.57. The van der Waals surface area contributed by atoms with E-state index in [4.69, 9.17) is 16.3 Å². The highest BCUT2D eigenvalue weighted by Crippen LogP contribution is 2.31. The number of sulfonamides is 1. The van der Waals surface area contributed by atoms with Crippen LogP contribution in [0.4, 0.5) is 11.4 Å². The number of halogens is 2. The van der Waals surface area contributed by atoms with Crippen molar-refractivity contribution in [3.63, 3.8) is 0 Å². The van der Waals surface area contributed by atoms with E-state index in [2.05, 4.69) is 21.2 Å². The minimum absolute atomic E-state index is 0.0255. The van der Waals surface area contributed by atoms with Crippen molar-refractivity contribution in [3.05, 3.63) is 81.3 Å². The molecule has 3 aromatic carbocycles. The molecule has 0 unspecified atom stereocenters. The number of carbonyl (C=O) groups is 1. The first-order valence-electron chi connectivity index (χ1n) is 9.61. The number of benzene rings is 3. The highest BCUT2D eigenvalue weighted by Gasteiger charge is 2.28. The maximum Gasteiger partial charge on any atom is 0.264 e. The topological polar surface area (TPSA) is 75.7 Å². The van der Waals surface area contributed by atoms with Crippen molar-refractivity contribution in [3.8, 4) is 5.75 Å². The van der Waals surface area contributed by atoms with Crippen molar-refractivity contribution in [1.82, 2.24) is 0 Å². The zero-order valence-corrected chi connectivity index (χ0v) is 20.9. The van der Waals surface area contributed by atoms with Gasteiger partial charge in [0, 0.05) is 10.7 Å². The molecule has 0 aliphatic carbocycles. The highest BCUT2D eigenvalue weighted by atomic mass is 79.9. The lowest BCUT2D eigenvalue weighted by Crippen LogP contribution is -2.38. The zero-order chi connectivity index (χ0) is 23.5. The van der Waals surface area contributed by atoms with Gasteiger partial charge in [-0.15, -0.1) is 0 Å². The van der Waals surface area contributed by atoms with Crippen LogP contribution in [0.1, 0.15) is 11.1 Å². The Kier molecular flexibility index (Phi) is 7.48. The van der Waals surface area contributed by atoms with E-state index in [1.165, 1.54) is 19.2 Å². The predicted octanol–water partition coefficient (Wildman–Crippen LogP) is 5.56. The maximum absolute atomic E-state index is 13.5. The van der Waals surface area contributed by atoms with Gasteiger partial charge in [-0.25, -0.2) is 8.42 Å². The Morgan fingerprint density at radius 1 is 1.09 bits per heavy atom. The number of carbonyl (C=O) groups excluding carboxylic acids is 1. The summed E-state index contributed by atoms with van der Waals surface area (Å²) in [5.74, 6) is 0.00658. The monoisotopic (exact) mass is 536 g/mol. The molecular weight excluding hydrogens is 516 g/mol. The third-order valence-corrected chi connectivity index (χ3v) is 7.66. The van der Waals surface area contributed by atoms with Gasteiger partial charge < -0.3 is 10.1 Å². The first-order chi connectivity index (χ1) is 15.1. The number of methoxy groups -OCH3 is 1. The van der Waals surface area contributed by atoms with Crippen molar-refractivity contribution in [2.24, 2.45) is 0 Å². The summed E-state index contributed by atoms with van der Waals surface area (Å²) >= 11 is 9.46. The first kappa shape index (κ1) is 24.1. The van der Waals surface area contributed by atoms with Crippen LogP contribution >= 0.6 is 27.5 Å². The average Bonchev–Trinajstić information content (AvgIpc) is 2.76. The van der Waals surface area contributed by atoms with Crippen LogP contribution in [0, 0.1) is 13.8 Å². The smallest absolute Gasteiger partial charge is 0.264 e. The molecule has 168 valence electrons. The molecule has 0 saturated carbocycles. The summed E-state index contributed by atoms with van der Waals surface area (Å²) in [6, 6.07) is 16.5. The van der Waals surface area contributed by atoms with Crippen molar-refractivity contribution < 1.29 is 17.9 Å². The molecule has 6 nitrogen and oxygen atoms in total. The van der Waals surface area contributed by atoms with Crippen LogP contribution in [0.5, 0.6) is 5.75 Å². The Morgan fingerprint density at radius 2 is 1.78 bits per heavy atom. The Balaban J connectivity index is 1.98. The van der Waals surface area contributed by atoms with Gasteiger partial charge in [-0.3, -0.25) is 9.10 Å². The number of ether oxygens (including phenoxy) is 1. The minimum Gasteiger partial charge on any atom is -0.496 e. The third kappa shape index (κ3) is 5.26. The number of aryl methyl sites for hydroxylation is 1. The summed E-state index contributed by atoms with van der Waals surface area (Å²) in [5, 5.41) is 3.27. The summed E-state index contributed by atoms with van der Waals surface area (Å²) in [4.78, 5) is 12.9. The van der Waals surface area contributed by atoms with E-state index in [1.54, 1.807) is 55.5 Å². The van der Waals surface area contributed by atoms with Gasteiger partial charge in [0.25, 0.3) is 10.0 Å². The molecule has 3 rings (SSSR count). The van der Waals surface area contributed by atoms with Gasteiger partial charge in [0.2, 0.25) is 5.91 Å². The van der Waals surface area contributed by atoms with E-state index in [9.17, 15) is 13.2 Å². The average molecular weight is 538 g/mol. The molecule has 0 aliphatic rings. The van der Waals surface area contributed by atoms with Crippen LogP contribution in [0.25, 0.3) is 0 Å². The third-order valence-electron chi connectivity index (χ3n) is 4.86. The number of nitrogens with zero attached hydrogens (tertiary/aromatic N) is 1. The van der Waals surface area contributed by atoms with E-state index in [-0.39, 0.29) is 4.90 Å². The molecular formula is C23H22BrClN2O4S. The second kappa shape index (κ2) is 9.94. The van der Waals surface area contributed by atoms with Crippen LogP contribution < -0.4 is 14.4 Å². The van der Waals surface area contributed by atoms with Crippen molar-refractivity contribution in [1.29, 1.82) is 0 Å². The number of hydrogen-bond donors (Lipinski definition) is 1. The van der Waals surface area contributed by atoms with Crippen LogP contribution in [-0.2, 0) is 14.8 Å². The van der Waals surface area contributed by atoms with Crippen LogP contribution in [0.15, 0.2) is 70.0 Å². The molecule has 1 N–H and O–H groups in total. The zero-order valence-electron chi connectivity index (χ0n) is 17.7. The minimum atomic E-state index is -4.06. The molecule has 0 bridgehead atoms. The van der Waals surface area contributed by atoms with E-state index < -0.39 is 22.5 Å². The van der Waals surface area contributed by atoms with E-state index in [0.717, 1.165) is 9.87 Å². The van der Waals surface area contributed by atoms with Gasteiger partial charge in [-0.05, 0) is 77.8 Å². The van der Waals surface area contributed by atoms with Crippen molar-refractivity contribution in [2.45, 2.75) is 18.7 Å².